The first kappa shape index (κ1) is 18.1. The number of nitrogens with two attached hydrogens (primary N) is 1. The summed E-state index contributed by atoms with van der Waals surface area (Å²) in [6.07, 6.45) is -4.36. The lowest BCUT2D eigenvalue weighted by molar-refractivity contribution is -0.137. The standard InChI is InChI=1S/C19H20F3N3O/c1-13-5-6-15(23)12-17(13)18(26)25-9-7-24(8-10-25)16-4-2-3-14(11-16)19(20,21)22/h2-6,11-12H,7-10,23H2,1H3. The van der Waals surface area contributed by atoms with Crippen LogP contribution in [0.1, 0.15) is 21.5 Å². The predicted molar refractivity (Wildman–Crippen MR) is 95.2 cm³/mol. The molecule has 1 amide bonds. The van der Waals surface area contributed by atoms with Crippen molar-refractivity contribution in [1.82, 2.24) is 4.90 Å². The minimum Gasteiger partial charge on any atom is -0.399 e. The van der Waals surface area contributed by atoms with Crippen molar-refractivity contribution in [3.05, 3.63) is 59.2 Å². The maximum Gasteiger partial charge on any atom is 0.416 e. The van der Waals surface area contributed by atoms with Gasteiger partial charge in [-0.3, -0.25) is 4.79 Å². The molecule has 1 fully saturated rings. The number of rotatable bonds is 2. The van der Waals surface area contributed by atoms with Gasteiger partial charge in [0.15, 0.2) is 0 Å². The number of carbonyl (C=O) groups excluding carboxylic acids is 1. The number of nitrogen functional groups attached to an aromatic ring is 1. The highest BCUT2D eigenvalue weighted by Crippen LogP contribution is 2.32. The summed E-state index contributed by atoms with van der Waals surface area (Å²) in [6.45, 7) is 3.71. The molecule has 0 aromatic heterocycles. The van der Waals surface area contributed by atoms with E-state index < -0.39 is 11.7 Å². The van der Waals surface area contributed by atoms with E-state index in [2.05, 4.69) is 0 Å². The number of benzene rings is 2. The number of piperazine rings is 1. The Morgan fingerprint density at radius 2 is 1.73 bits per heavy atom. The van der Waals surface area contributed by atoms with Gasteiger partial charge in [0, 0.05) is 43.1 Å². The highest BCUT2D eigenvalue weighted by atomic mass is 19.4. The molecule has 0 saturated carbocycles. The number of carbonyl (C=O) groups is 1. The second-order valence-corrected chi connectivity index (χ2v) is 6.40. The summed E-state index contributed by atoms with van der Waals surface area (Å²) in [6, 6.07) is 10.5. The van der Waals surface area contributed by atoms with Gasteiger partial charge in [-0.1, -0.05) is 12.1 Å². The van der Waals surface area contributed by atoms with Gasteiger partial charge >= 0.3 is 6.18 Å². The van der Waals surface area contributed by atoms with E-state index in [0.29, 0.717) is 43.1 Å². The molecular weight excluding hydrogens is 343 g/mol. The molecular formula is C19H20F3N3O. The van der Waals surface area contributed by atoms with Crippen LogP contribution in [-0.4, -0.2) is 37.0 Å². The summed E-state index contributed by atoms with van der Waals surface area (Å²) in [5, 5.41) is 0. The Morgan fingerprint density at radius 1 is 1.04 bits per heavy atom. The minimum atomic E-state index is -4.36. The zero-order valence-corrected chi connectivity index (χ0v) is 14.4. The van der Waals surface area contributed by atoms with E-state index in [1.165, 1.54) is 6.07 Å². The van der Waals surface area contributed by atoms with E-state index in [-0.39, 0.29) is 5.91 Å². The Morgan fingerprint density at radius 3 is 2.38 bits per heavy atom. The van der Waals surface area contributed by atoms with E-state index >= 15 is 0 Å². The van der Waals surface area contributed by atoms with E-state index in [0.717, 1.165) is 17.7 Å². The first-order chi connectivity index (χ1) is 12.3. The van der Waals surface area contributed by atoms with Crippen LogP contribution in [0.3, 0.4) is 0 Å². The molecule has 2 aromatic rings. The van der Waals surface area contributed by atoms with Gasteiger partial charge in [-0.25, -0.2) is 0 Å². The molecule has 2 N–H and O–H groups in total. The van der Waals surface area contributed by atoms with E-state index in [1.54, 1.807) is 29.2 Å². The Bertz CT molecular complexity index is 812. The highest BCUT2D eigenvalue weighted by Gasteiger charge is 2.31. The van der Waals surface area contributed by atoms with E-state index in [9.17, 15) is 18.0 Å². The molecule has 1 aliphatic rings. The lowest BCUT2D eigenvalue weighted by atomic mass is 10.1. The maximum absolute atomic E-state index is 12.9. The van der Waals surface area contributed by atoms with Crippen molar-refractivity contribution < 1.29 is 18.0 Å². The molecule has 2 aromatic carbocycles. The fraction of sp³-hybridized carbons (Fsp3) is 0.316. The Labute approximate surface area is 150 Å². The first-order valence-electron chi connectivity index (χ1n) is 8.33. The smallest absolute Gasteiger partial charge is 0.399 e. The fourth-order valence-corrected chi connectivity index (χ4v) is 3.09. The second-order valence-electron chi connectivity index (χ2n) is 6.40. The zero-order chi connectivity index (χ0) is 18.9. The van der Waals surface area contributed by atoms with Crippen molar-refractivity contribution in [3.63, 3.8) is 0 Å². The fourth-order valence-electron chi connectivity index (χ4n) is 3.09. The van der Waals surface area contributed by atoms with Crippen LogP contribution in [0.5, 0.6) is 0 Å². The largest absolute Gasteiger partial charge is 0.416 e. The quantitative estimate of drug-likeness (QED) is 0.830. The van der Waals surface area contributed by atoms with Crippen molar-refractivity contribution in [2.45, 2.75) is 13.1 Å². The number of aryl methyl sites for hydroxylation is 1. The average Bonchev–Trinajstić information content (AvgIpc) is 2.63. The molecule has 0 unspecified atom stereocenters. The number of anilines is 2. The second kappa shape index (κ2) is 6.90. The van der Waals surface area contributed by atoms with Gasteiger partial charge in [0.1, 0.15) is 0 Å². The summed E-state index contributed by atoms with van der Waals surface area (Å²) < 4.78 is 38.6. The van der Waals surface area contributed by atoms with Gasteiger partial charge in [0.2, 0.25) is 0 Å². The molecule has 7 heteroatoms. The minimum absolute atomic E-state index is 0.0986. The van der Waals surface area contributed by atoms with Crippen LogP contribution in [0.2, 0.25) is 0 Å². The summed E-state index contributed by atoms with van der Waals surface area (Å²) in [7, 11) is 0. The number of halogens is 3. The molecule has 3 rings (SSSR count). The maximum atomic E-state index is 12.9. The highest BCUT2D eigenvalue weighted by molar-refractivity contribution is 5.96. The third-order valence-corrected chi connectivity index (χ3v) is 4.60. The summed E-state index contributed by atoms with van der Waals surface area (Å²) in [5.41, 5.74) is 7.58. The molecule has 1 aliphatic heterocycles. The number of hydrogen-bond acceptors (Lipinski definition) is 3. The SMILES string of the molecule is Cc1ccc(N)cc1C(=O)N1CCN(c2cccc(C(F)(F)F)c2)CC1. The van der Waals surface area contributed by atoms with Crippen LogP contribution < -0.4 is 10.6 Å². The van der Waals surface area contributed by atoms with Crippen LogP contribution in [0.4, 0.5) is 24.5 Å². The summed E-state index contributed by atoms with van der Waals surface area (Å²) in [4.78, 5) is 16.3. The first-order valence-corrected chi connectivity index (χ1v) is 8.33. The normalized spacial score (nSPS) is 15.2. The van der Waals surface area contributed by atoms with Crippen LogP contribution in [0.15, 0.2) is 42.5 Å². The molecule has 0 spiro atoms. The molecule has 0 radical (unpaired) electrons. The van der Waals surface area contributed by atoms with Gasteiger partial charge in [-0.2, -0.15) is 13.2 Å². The third kappa shape index (κ3) is 3.76. The zero-order valence-electron chi connectivity index (χ0n) is 14.4. The number of amides is 1. The topological polar surface area (TPSA) is 49.6 Å². The monoisotopic (exact) mass is 363 g/mol. The average molecular weight is 363 g/mol. The third-order valence-electron chi connectivity index (χ3n) is 4.60. The molecule has 4 nitrogen and oxygen atoms in total. The lowest BCUT2D eigenvalue weighted by Crippen LogP contribution is -2.49. The number of hydrogen-bond donors (Lipinski definition) is 1. The Kier molecular flexibility index (Phi) is 4.80. The van der Waals surface area contributed by atoms with Gasteiger partial charge in [0.25, 0.3) is 5.91 Å². The molecule has 138 valence electrons. The van der Waals surface area contributed by atoms with Crippen LogP contribution >= 0.6 is 0 Å². The van der Waals surface area contributed by atoms with Gasteiger partial charge < -0.3 is 15.5 Å². The molecule has 0 bridgehead atoms. The van der Waals surface area contributed by atoms with Gasteiger partial charge in [0.05, 0.1) is 5.56 Å². The molecule has 1 saturated heterocycles. The molecule has 1 heterocycles. The predicted octanol–water partition coefficient (Wildman–Crippen LogP) is 3.56. The number of alkyl halides is 3. The van der Waals surface area contributed by atoms with Crippen LogP contribution in [0.25, 0.3) is 0 Å². The van der Waals surface area contributed by atoms with Crippen molar-refractivity contribution in [2.24, 2.45) is 0 Å². The Hall–Kier alpha value is -2.70. The molecule has 26 heavy (non-hydrogen) atoms. The van der Waals surface area contributed by atoms with Gasteiger partial charge in [-0.15, -0.1) is 0 Å². The molecule has 0 aliphatic carbocycles. The summed E-state index contributed by atoms with van der Waals surface area (Å²) in [5.74, 6) is -0.0986. The van der Waals surface area contributed by atoms with Crippen LogP contribution in [-0.2, 0) is 6.18 Å². The van der Waals surface area contributed by atoms with E-state index in [1.807, 2.05) is 11.8 Å². The summed E-state index contributed by atoms with van der Waals surface area (Å²) >= 11 is 0. The number of nitrogens with zero attached hydrogens (tertiary/aromatic N) is 2. The van der Waals surface area contributed by atoms with Crippen LogP contribution in [0, 0.1) is 6.92 Å². The lowest BCUT2D eigenvalue weighted by Gasteiger charge is -2.36. The Balaban J connectivity index is 1.70. The van der Waals surface area contributed by atoms with Crippen molar-refractivity contribution >= 4 is 17.3 Å². The molecule has 0 atom stereocenters. The van der Waals surface area contributed by atoms with Gasteiger partial charge in [-0.05, 0) is 42.8 Å². The van der Waals surface area contributed by atoms with E-state index in [4.69, 9.17) is 5.73 Å². The van der Waals surface area contributed by atoms with Crippen molar-refractivity contribution in [2.75, 3.05) is 36.8 Å². The van der Waals surface area contributed by atoms with Crippen molar-refractivity contribution in [1.29, 1.82) is 0 Å². The van der Waals surface area contributed by atoms with Crippen molar-refractivity contribution in [3.8, 4) is 0 Å².